The number of hydrogen-bond acceptors (Lipinski definition) is 7. The highest BCUT2D eigenvalue weighted by molar-refractivity contribution is 6.08. The fraction of sp³-hybridized carbons (Fsp3) is 0.421. The fourth-order valence-corrected chi connectivity index (χ4v) is 3.78. The Bertz CT molecular complexity index is 886. The van der Waals surface area contributed by atoms with Crippen molar-refractivity contribution in [2.75, 3.05) is 6.61 Å². The molecule has 0 fully saturated rings. The maximum atomic E-state index is 12.7. The highest BCUT2D eigenvalue weighted by atomic mass is 16.6. The van der Waals surface area contributed by atoms with Crippen molar-refractivity contribution in [3.8, 4) is 5.75 Å². The first kappa shape index (κ1) is 18.8. The summed E-state index contributed by atoms with van der Waals surface area (Å²) in [4.78, 5) is 40.3. The molecule has 0 bridgehead atoms. The lowest BCUT2D eigenvalue weighted by molar-refractivity contribution is -0.385. The second-order valence-corrected chi connectivity index (χ2v) is 6.60. The number of benzene rings is 1. The number of hydrogen-bond donors (Lipinski definition) is 1. The van der Waals surface area contributed by atoms with Crippen LogP contribution in [0.5, 0.6) is 5.75 Å². The van der Waals surface area contributed by atoms with Gasteiger partial charge in [-0.15, -0.1) is 0 Å². The summed E-state index contributed by atoms with van der Waals surface area (Å²) in [5.74, 6) is -2.66. The van der Waals surface area contributed by atoms with Crippen molar-refractivity contribution in [2.24, 2.45) is 10.9 Å². The molecule has 27 heavy (non-hydrogen) atoms. The molecule has 8 nitrogen and oxygen atoms in total. The average Bonchev–Trinajstić information content (AvgIpc) is 2.61. The molecule has 142 valence electrons. The van der Waals surface area contributed by atoms with Gasteiger partial charge in [-0.2, -0.15) is 0 Å². The summed E-state index contributed by atoms with van der Waals surface area (Å²) in [6, 6.07) is 3.94. The Hall–Kier alpha value is -3.03. The van der Waals surface area contributed by atoms with E-state index in [1.165, 1.54) is 18.2 Å². The van der Waals surface area contributed by atoms with Crippen molar-refractivity contribution < 1.29 is 24.4 Å². The predicted octanol–water partition coefficient (Wildman–Crippen LogP) is 3.04. The van der Waals surface area contributed by atoms with Crippen molar-refractivity contribution >= 4 is 23.2 Å². The predicted molar refractivity (Wildman–Crippen MR) is 96.6 cm³/mol. The number of aliphatic imine (C=N–C) groups is 1. The zero-order valence-electron chi connectivity index (χ0n) is 15.1. The van der Waals surface area contributed by atoms with E-state index in [4.69, 9.17) is 4.74 Å². The quantitative estimate of drug-likeness (QED) is 0.493. The first-order chi connectivity index (χ1) is 12.8. The number of allylic oxidation sites excluding steroid dienone is 2. The number of nitro groups is 1. The lowest BCUT2D eigenvalue weighted by Crippen LogP contribution is -2.37. The Labute approximate surface area is 155 Å². The van der Waals surface area contributed by atoms with E-state index in [2.05, 4.69) is 4.99 Å². The molecule has 0 saturated heterocycles. The minimum atomic E-state index is -0.838. The number of ether oxygens (including phenoxy) is 1. The van der Waals surface area contributed by atoms with Crippen LogP contribution < -0.4 is 0 Å². The first-order valence-electron chi connectivity index (χ1n) is 8.80. The summed E-state index contributed by atoms with van der Waals surface area (Å²) < 4.78 is 5.18. The number of nitro benzene ring substituents is 1. The van der Waals surface area contributed by atoms with Crippen molar-refractivity contribution in [1.29, 1.82) is 0 Å². The molecular weight excluding hydrogens is 352 g/mol. The van der Waals surface area contributed by atoms with Crippen LogP contribution in [0, 0.1) is 16.0 Å². The van der Waals surface area contributed by atoms with Gasteiger partial charge in [0, 0.05) is 35.4 Å². The number of carbonyl (C=O) groups is 2. The molecule has 1 aromatic rings. The van der Waals surface area contributed by atoms with Crippen LogP contribution in [-0.2, 0) is 14.3 Å². The van der Waals surface area contributed by atoms with E-state index in [1.807, 2.05) is 0 Å². The number of phenols is 1. The van der Waals surface area contributed by atoms with Gasteiger partial charge < -0.3 is 9.84 Å². The van der Waals surface area contributed by atoms with Gasteiger partial charge in [-0.05, 0) is 38.3 Å². The van der Waals surface area contributed by atoms with Crippen molar-refractivity contribution in [2.45, 2.75) is 39.0 Å². The minimum absolute atomic E-state index is 0.109. The van der Waals surface area contributed by atoms with E-state index >= 15 is 0 Å². The van der Waals surface area contributed by atoms with Crippen LogP contribution in [0.1, 0.15) is 44.6 Å². The molecule has 0 amide bonds. The van der Waals surface area contributed by atoms with Gasteiger partial charge in [0.15, 0.2) is 11.5 Å². The van der Waals surface area contributed by atoms with Crippen LogP contribution in [0.25, 0.3) is 0 Å². The molecule has 2 aliphatic rings. The Morgan fingerprint density at radius 1 is 1.41 bits per heavy atom. The molecule has 2 atom stereocenters. The fourth-order valence-electron chi connectivity index (χ4n) is 3.78. The molecule has 0 aromatic heterocycles. The lowest BCUT2D eigenvalue weighted by Gasteiger charge is -2.34. The van der Waals surface area contributed by atoms with Crippen molar-refractivity contribution in [3.05, 3.63) is 45.1 Å². The van der Waals surface area contributed by atoms with Gasteiger partial charge >= 0.3 is 11.7 Å². The molecule has 8 heteroatoms. The van der Waals surface area contributed by atoms with Crippen LogP contribution in [0.4, 0.5) is 5.69 Å². The van der Waals surface area contributed by atoms with Crippen LogP contribution in [0.3, 0.4) is 0 Å². The molecule has 1 heterocycles. The molecule has 0 saturated carbocycles. The van der Waals surface area contributed by atoms with E-state index in [-0.39, 0.29) is 12.4 Å². The summed E-state index contributed by atoms with van der Waals surface area (Å²) in [7, 11) is 0. The van der Waals surface area contributed by atoms with Crippen molar-refractivity contribution in [1.82, 2.24) is 0 Å². The van der Waals surface area contributed by atoms with Crippen LogP contribution >= 0.6 is 0 Å². The largest absolute Gasteiger partial charge is 0.502 e. The molecule has 0 radical (unpaired) electrons. The zero-order valence-corrected chi connectivity index (χ0v) is 15.1. The number of nitrogens with zero attached hydrogens (tertiary/aromatic N) is 2. The third-order valence-corrected chi connectivity index (χ3v) is 4.93. The van der Waals surface area contributed by atoms with E-state index in [0.717, 1.165) is 0 Å². The summed E-state index contributed by atoms with van der Waals surface area (Å²) in [6.45, 7) is 3.56. The monoisotopic (exact) mass is 372 g/mol. The summed E-state index contributed by atoms with van der Waals surface area (Å²) >= 11 is 0. The minimum Gasteiger partial charge on any atom is -0.502 e. The summed E-state index contributed by atoms with van der Waals surface area (Å²) in [5, 5.41) is 21.0. The van der Waals surface area contributed by atoms with Gasteiger partial charge in [0.2, 0.25) is 0 Å². The Balaban J connectivity index is 2.20. The Kier molecular flexibility index (Phi) is 5.07. The molecular formula is C19H20N2O6. The van der Waals surface area contributed by atoms with Gasteiger partial charge in [0.05, 0.1) is 11.5 Å². The van der Waals surface area contributed by atoms with Crippen LogP contribution in [0.15, 0.2) is 34.5 Å². The van der Waals surface area contributed by atoms with Gasteiger partial charge in [-0.25, -0.2) is 0 Å². The van der Waals surface area contributed by atoms with Gasteiger partial charge in [0.25, 0.3) is 0 Å². The molecule has 1 aliphatic heterocycles. The zero-order chi connectivity index (χ0) is 19.7. The normalized spacial score (nSPS) is 22.1. The molecule has 3 rings (SSSR count). The number of Topliss-reactive ketones (excluding diaryl/α,β-unsaturated/α-hetero) is 1. The van der Waals surface area contributed by atoms with Crippen molar-refractivity contribution in [3.63, 3.8) is 0 Å². The molecule has 1 aromatic carbocycles. The van der Waals surface area contributed by atoms with E-state index in [0.29, 0.717) is 41.8 Å². The number of rotatable bonds is 4. The molecule has 1 N–H and O–H groups in total. The second kappa shape index (κ2) is 7.30. The second-order valence-electron chi connectivity index (χ2n) is 6.60. The third kappa shape index (κ3) is 3.34. The Morgan fingerprint density at radius 2 is 2.15 bits per heavy atom. The number of esters is 1. The van der Waals surface area contributed by atoms with Crippen LogP contribution in [-0.4, -0.2) is 34.1 Å². The summed E-state index contributed by atoms with van der Waals surface area (Å²) in [5.41, 5.74) is 1.51. The molecule has 1 aliphatic carbocycles. The molecule has 1 unspecified atom stereocenters. The maximum absolute atomic E-state index is 12.7. The lowest BCUT2D eigenvalue weighted by atomic mass is 9.71. The van der Waals surface area contributed by atoms with E-state index in [9.17, 15) is 24.8 Å². The van der Waals surface area contributed by atoms with Gasteiger partial charge in [-0.3, -0.25) is 24.7 Å². The topological polar surface area (TPSA) is 119 Å². The highest BCUT2D eigenvalue weighted by Crippen LogP contribution is 2.45. The smallest absolute Gasteiger partial charge is 0.315 e. The standard InChI is InChI=1S/C19H20N2O6/c1-3-27-19(24)16-10(2)20-12-5-4-6-15(23)18(12)17(16)11-7-8-14(22)13(9-11)21(25)26/h7-9,16-17,22H,3-6H2,1-2H3/t16?,17-/m0/s1. The van der Waals surface area contributed by atoms with Gasteiger partial charge in [-0.1, -0.05) is 6.07 Å². The SMILES string of the molecule is CCOC(=O)C1C(C)=NC2=C(C(=O)CCC2)[C@H]1c1ccc(O)c([N+](=O)[O-])c1. The molecule has 0 spiro atoms. The van der Waals surface area contributed by atoms with E-state index < -0.39 is 34.2 Å². The maximum Gasteiger partial charge on any atom is 0.315 e. The number of carbonyl (C=O) groups excluding carboxylic acids is 2. The number of aromatic hydroxyl groups is 1. The van der Waals surface area contributed by atoms with Crippen LogP contribution in [0.2, 0.25) is 0 Å². The Morgan fingerprint density at radius 3 is 2.81 bits per heavy atom. The number of ketones is 1. The van der Waals surface area contributed by atoms with Gasteiger partial charge in [0.1, 0.15) is 5.92 Å². The third-order valence-electron chi connectivity index (χ3n) is 4.93. The first-order valence-corrected chi connectivity index (χ1v) is 8.80. The highest BCUT2D eigenvalue weighted by Gasteiger charge is 2.43. The number of phenolic OH excluding ortho intramolecular Hbond substituents is 1. The summed E-state index contributed by atoms with van der Waals surface area (Å²) in [6.07, 6.45) is 1.64. The van der Waals surface area contributed by atoms with E-state index in [1.54, 1.807) is 13.8 Å². The average molecular weight is 372 g/mol.